The molecule has 1 fully saturated rings. The number of amides is 2. The van der Waals surface area contributed by atoms with Gasteiger partial charge in [0, 0.05) is 30.8 Å². The van der Waals surface area contributed by atoms with Crippen LogP contribution in [-0.4, -0.2) is 41.4 Å². The number of aliphatic carboxylic acids is 1. The summed E-state index contributed by atoms with van der Waals surface area (Å²) in [6.45, 7) is 1.69. The van der Waals surface area contributed by atoms with Crippen LogP contribution in [0.5, 0.6) is 0 Å². The molecule has 1 unspecified atom stereocenters. The van der Waals surface area contributed by atoms with E-state index in [-0.39, 0.29) is 24.3 Å². The average Bonchev–Trinajstić information content (AvgIpc) is 2.61. The molecule has 0 radical (unpaired) electrons. The van der Waals surface area contributed by atoms with Crippen LogP contribution in [0.2, 0.25) is 0 Å². The van der Waals surface area contributed by atoms with E-state index in [9.17, 15) is 14.4 Å². The summed E-state index contributed by atoms with van der Waals surface area (Å²) in [6.07, 6.45) is 5.20. The van der Waals surface area contributed by atoms with Crippen LogP contribution in [0, 0.1) is 11.8 Å². The first-order valence-electron chi connectivity index (χ1n) is 8.77. The molecule has 1 aliphatic rings. The van der Waals surface area contributed by atoms with Gasteiger partial charge in [-0.05, 0) is 31.0 Å². The minimum Gasteiger partial charge on any atom is -0.481 e. The zero-order chi connectivity index (χ0) is 18.4. The van der Waals surface area contributed by atoms with Crippen LogP contribution in [-0.2, 0) is 9.59 Å². The van der Waals surface area contributed by atoms with Crippen molar-refractivity contribution in [2.45, 2.75) is 39.0 Å². The highest BCUT2D eigenvalue weighted by Crippen LogP contribution is 2.25. The van der Waals surface area contributed by atoms with Gasteiger partial charge in [0.15, 0.2) is 0 Å². The molecule has 2 N–H and O–H groups in total. The smallest absolute Gasteiger partial charge is 0.308 e. The van der Waals surface area contributed by atoms with Crippen molar-refractivity contribution in [2.24, 2.45) is 11.8 Å². The molecule has 6 nitrogen and oxygen atoms in total. The molecule has 1 aromatic carbocycles. The molecule has 1 aliphatic carbocycles. The topological polar surface area (TPSA) is 86.7 Å². The molecule has 0 bridgehead atoms. The number of hydrogen-bond acceptors (Lipinski definition) is 3. The second kappa shape index (κ2) is 8.65. The summed E-state index contributed by atoms with van der Waals surface area (Å²) in [5.74, 6) is -1.78. The van der Waals surface area contributed by atoms with Crippen molar-refractivity contribution < 1.29 is 19.5 Å². The lowest BCUT2D eigenvalue weighted by molar-refractivity contribution is -0.141. The minimum absolute atomic E-state index is 0.0113. The maximum atomic E-state index is 12.5. The van der Waals surface area contributed by atoms with Crippen molar-refractivity contribution in [3.8, 4) is 0 Å². The predicted octanol–water partition coefficient (Wildman–Crippen LogP) is 3.00. The Balaban J connectivity index is 2.01. The number of carbonyl (C=O) groups excluding carboxylic acids is 2. The van der Waals surface area contributed by atoms with Gasteiger partial charge >= 0.3 is 5.97 Å². The van der Waals surface area contributed by atoms with Crippen molar-refractivity contribution in [3.63, 3.8) is 0 Å². The number of carboxylic acid groups (broad SMARTS) is 1. The summed E-state index contributed by atoms with van der Waals surface area (Å²) in [5, 5.41) is 11.9. The summed E-state index contributed by atoms with van der Waals surface area (Å²) in [4.78, 5) is 37.1. The highest BCUT2D eigenvalue weighted by molar-refractivity contribution is 5.97. The molecule has 6 heteroatoms. The molecule has 1 atom stereocenters. The number of anilines is 1. The summed E-state index contributed by atoms with van der Waals surface area (Å²) >= 11 is 0. The highest BCUT2D eigenvalue weighted by Gasteiger charge is 2.22. The van der Waals surface area contributed by atoms with E-state index < -0.39 is 11.9 Å². The maximum Gasteiger partial charge on any atom is 0.308 e. The normalized spacial score (nSPS) is 16.1. The summed E-state index contributed by atoms with van der Waals surface area (Å²) in [6, 6.07) is 6.79. The highest BCUT2D eigenvalue weighted by atomic mass is 16.4. The van der Waals surface area contributed by atoms with Gasteiger partial charge in [0.1, 0.15) is 0 Å². The molecule has 0 spiro atoms. The third-order valence-electron chi connectivity index (χ3n) is 4.67. The SMILES string of the molecule is CC(CN(C)C(=O)c1cccc(NC(=O)C2CCCCC2)c1)C(=O)O. The minimum atomic E-state index is -0.937. The lowest BCUT2D eigenvalue weighted by Crippen LogP contribution is -2.33. The number of rotatable bonds is 6. The standard InChI is InChI=1S/C19H26N2O4/c1-13(19(24)25)12-21(2)18(23)15-9-6-10-16(11-15)20-17(22)14-7-4-3-5-8-14/h6,9-11,13-14H,3-5,7-8,12H2,1-2H3,(H,20,22)(H,24,25). The quantitative estimate of drug-likeness (QED) is 0.829. The number of benzene rings is 1. The van der Waals surface area contributed by atoms with E-state index in [1.165, 1.54) is 11.3 Å². The van der Waals surface area contributed by atoms with Crippen LogP contribution in [0.4, 0.5) is 5.69 Å². The lowest BCUT2D eigenvalue weighted by Gasteiger charge is -2.21. The molecular formula is C19H26N2O4. The van der Waals surface area contributed by atoms with Crippen molar-refractivity contribution in [1.29, 1.82) is 0 Å². The van der Waals surface area contributed by atoms with E-state index in [1.807, 2.05) is 0 Å². The van der Waals surface area contributed by atoms with E-state index >= 15 is 0 Å². The first-order valence-corrected chi connectivity index (χ1v) is 8.77. The fourth-order valence-electron chi connectivity index (χ4n) is 3.13. The van der Waals surface area contributed by atoms with E-state index in [2.05, 4.69) is 5.32 Å². The van der Waals surface area contributed by atoms with Gasteiger partial charge in [-0.2, -0.15) is 0 Å². The molecule has 136 valence electrons. The van der Waals surface area contributed by atoms with Crippen LogP contribution >= 0.6 is 0 Å². The molecule has 0 aliphatic heterocycles. The third kappa shape index (κ3) is 5.31. The Kier molecular flexibility index (Phi) is 6.56. The largest absolute Gasteiger partial charge is 0.481 e. The molecule has 1 aromatic rings. The molecule has 2 amide bonds. The molecule has 0 heterocycles. The van der Waals surface area contributed by atoms with Crippen LogP contribution < -0.4 is 5.32 Å². The molecule has 2 rings (SSSR count). The molecule has 0 saturated heterocycles. The predicted molar refractivity (Wildman–Crippen MR) is 95.4 cm³/mol. The Bertz CT molecular complexity index is 638. The fraction of sp³-hybridized carbons (Fsp3) is 0.526. The van der Waals surface area contributed by atoms with Gasteiger partial charge in [0.25, 0.3) is 5.91 Å². The second-order valence-corrected chi connectivity index (χ2v) is 6.83. The second-order valence-electron chi connectivity index (χ2n) is 6.83. The van der Waals surface area contributed by atoms with E-state index in [0.717, 1.165) is 25.7 Å². The molecule has 0 aromatic heterocycles. The van der Waals surface area contributed by atoms with Crippen molar-refractivity contribution in [3.05, 3.63) is 29.8 Å². The molecule has 1 saturated carbocycles. The monoisotopic (exact) mass is 346 g/mol. The van der Waals surface area contributed by atoms with Crippen molar-refractivity contribution in [2.75, 3.05) is 18.9 Å². The summed E-state index contributed by atoms with van der Waals surface area (Å²) in [7, 11) is 1.58. The Hall–Kier alpha value is -2.37. The average molecular weight is 346 g/mol. The Labute approximate surface area is 148 Å². The number of carbonyl (C=O) groups is 3. The first-order chi connectivity index (χ1) is 11.9. The Morgan fingerprint density at radius 1 is 1.24 bits per heavy atom. The van der Waals surface area contributed by atoms with Gasteiger partial charge in [-0.25, -0.2) is 0 Å². The van der Waals surface area contributed by atoms with Gasteiger partial charge in [0.05, 0.1) is 5.92 Å². The van der Waals surface area contributed by atoms with Gasteiger partial charge in [-0.1, -0.05) is 32.3 Å². The van der Waals surface area contributed by atoms with E-state index in [4.69, 9.17) is 5.11 Å². The van der Waals surface area contributed by atoms with Crippen molar-refractivity contribution in [1.82, 2.24) is 4.90 Å². The van der Waals surface area contributed by atoms with Crippen molar-refractivity contribution >= 4 is 23.5 Å². The van der Waals surface area contributed by atoms with Gasteiger partial charge < -0.3 is 15.3 Å². The Morgan fingerprint density at radius 3 is 2.56 bits per heavy atom. The zero-order valence-electron chi connectivity index (χ0n) is 14.8. The third-order valence-corrected chi connectivity index (χ3v) is 4.67. The number of carboxylic acids is 1. The van der Waals surface area contributed by atoms with Crippen LogP contribution in [0.1, 0.15) is 49.4 Å². The molecule has 25 heavy (non-hydrogen) atoms. The van der Waals surface area contributed by atoms with Crippen LogP contribution in [0.25, 0.3) is 0 Å². The summed E-state index contributed by atoms with van der Waals surface area (Å²) in [5.41, 5.74) is 1.03. The van der Waals surface area contributed by atoms with Crippen LogP contribution in [0.3, 0.4) is 0 Å². The number of nitrogens with one attached hydrogen (secondary N) is 1. The van der Waals surface area contributed by atoms with Gasteiger partial charge in [0.2, 0.25) is 5.91 Å². The first kappa shape index (κ1) is 19.0. The van der Waals surface area contributed by atoms with E-state index in [0.29, 0.717) is 11.3 Å². The fourth-order valence-corrected chi connectivity index (χ4v) is 3.13. The maximum absolute atomic E-state index is 12.5. The Morgan fingerprint density at radius 2 is 1.92 bits per heavy atom. The number of hydrogen-bond donors (Lipinski definition) is 2. The van der Waals surface area contributed by atoms with Gasteiger partial charge in [-0.3, -0.25) is 14.4 Å². The van der Waals surface area contributed by atoms with Crippen LogP contribution in [0.15, 0.2) is 24.3 Å². The summed E-state index contributed by atoms with van der Waals surface area (Å²) < 4.78 is 0. The van der Waals surface area contributed by atoms with Gasteiger partial charge in [-0.15, -0.1) is 0 Å². The number of nitrogens with zero attached hydrogens (tertiary/aromatic N) is 1. The lowest BCUT2D eigenvalue weighted by atomic mass is 9.88. The zero-order valence-corrected chi connectivity index (χ0v) is 14.8. The molecular weight excluding hydrogens is 320 g/mol. The van der Waals surface area contributed by atoms with E-state index in [1.54, 1.807) is 38.2 Å².